The van der Waals surface area contributed by atoms with Gasteiger partial charge in [-0.15, -0.1) is 4.72 Å². The van der Waals surface area contributed by atoms with Gasteiger partial charge in [0.05, 0.1) is 16.2 Å². The van der Waals surface area contributed by atoms with Crippen LogP contribution in [0.4, 0.5) is 0 Å². The second-order valence-corrected chi connectivity index (χ2v) is 6.99. The van der Waals surface area contributed by atoms with Gasteiger partial charge >= 0.3 is 0 Å². The normalized spacial score (nSPS) is 12.2. The van der Waals surface area contributed by atoms with E-state index in [-0.39, 0.29) is 5.91 Å². The van der Waals surface area contributed by atoms with Gasteiger partial charge in [-0.1, -0.05) is 41.2 Å². The van der Waals surface area contributed by atoms with Gasteiger partial charge in [0, 0.05) is 19.7 Å². The van der Waals surface area contributed by atoms with Crippen molar-refractivity contribution in [2.24, 2.45) is 0 Å². The number of benzene rings is 1. The molecule has 1 atom stereocenters. The molecule has 106 valence electrons. The first-order valence-electron chi connectivity index (χ1n) is 6.13. The Morgan fingerprint density at radius 1 is 1.25 bits per heavy atom. The summed E-state index contributed by atoms with van der Waals surface area (Å²) in [5.41, 5.74) is 2.25. The minimum atomic E-state index is -1.24. The van der Waals surface area contributed by atoms with Gasteiger partial charge in [-0.3, -0.25) is 4.79 Å². The van der Waals surface area contributed by atoms with Gasteiger partial charge < -0.3 is 9.87 Å². The van der Waals surface area contributed by atoms with Crippen molar-refractivity contribution in [3.63, 3.8) is 0 Å². The van der Waals surface area contributed by atoms with E-state index in [0.717, 1.165) is 5.56 Å². The molecule has 1 unspecified atom stereocenters. The van der Waals surface area contributed by atoms with E-state index in [4.69, 9.17) is 0 Å². The Kier molecular flexibility index (Phi) is 5.19. The molecular weight excluding hydrogens is 292 g/mol. The number of amides is 1. The molecule has 2 aromatic rings. The molecule has 0 aliphatic rings. The molecule has 0 saturated heterocycles. The zero-order valence-corrected chi connectivity index (χ0v) is 12.9. The van der Waals surface area contributed by atoms with Crippen molar-refractivity contribution >= 4 is 28.6 Å². The first-order chi connectivity index (χ1) is 9.60. The molecule has 0 bridgehead atoms. The number of hydrogen-bond acceptors (Lipinski definition) is 4. The largest absolute Gasteiger partial charge is 0.592 e. The summed E-state index contributed by atoms with van der Waals surface area (Å²) in [5, 5.41) is 2.86. The lowest BCUT2D eigenvalue weighted by atomic mass is 10.1. The molecule has 0 aliphatic carbocycles. The summed E-state index contributed by atoms with van der Waals surface area (Å²) in [6.07, 6.45) is 0. The molecule has 0 radical (unpaired) electrons. The lowest BCUT2D eigenvalue weighted by Gasteiger charge is -2.04. The second-order valence-electron chi connectivity index (χ2n) is 4.26. The van der Waals surface area contributed by atoms with Crippen molar-refractivity contribution in [3.8, 4) is 0 Å². The standard InChI is InChI=1S/C14H16N2O2S2/c1-10-3-5-11(6-4-10)9-16-14(17)12-7-8-13(19-12)20(18)15-2/h3-8,15H,9H2,1-2H3,(H,16,17). The molecule has 1 aromatic carbocycles. The molecule has 1 heterocycles. The molecule has 20 heavy (non-hydrogen) atoms. The van der Waals surface area contributed by atoms with Crippen LogP contribution in [0.3, 0.4) is 0 Å². The first kappa shape index (κ1) is 15.1. The number of aryl methyl sites for hydroxylation is 1. The van der Waals surface area contributed by atoms with Gasteiger partial charge in [0.25, 0.3) is 5.91 Å². The molecular formula is C14H16N2O2S2. The van der Waals surface area contributed by atoms with Crippen LogP contribution in [-0.2, 0) is 17.9 Å². The smallest absolute Gasteiger partial charge is 0.261 e. The fourth-order valence-electron chi connectivity index (χ4n) is 1.62. The van der Waals surface area contributed by atoms with E-state index in [1.165, 1.54) is 16.9 Å². The van der Waals surface area contributed by atoms with E-state index < -0.39 is 11.4 Å². The number of hydrogen-bond donors (Lipinski definition) is 2. The number of rotatable bonds is 5. The molecule has 6 heteroatoms. The summed E-state index contributed by atoms with van der Waals surface area (Å²) in [7, 11) is 1.62. The summed E-state index contributed by atoms with van der Waals surface area (Å²) in [5.74, 6) is -0.144. The number of carbonyl (C=O) groups is 1. The third-order valence-electron chi connectivity index (χ3n) is 2.75. The average molecular weight is 308 g/mol. The van der Waals surface area contributed by atoms with Crippen molar-refractivity contribution in [1.82, 2.24) is 10.0 Å². The summed E-state index contributed by atoms with van der Waals surface area (Å²) in [6.45, 7) is 2.51. The van der Waals surface area contributed by atoms with E-state index >= 15 is 0 Å². The Hall–Kier alpha value is -1.34. The van der Waals surface area contributed by atoms with Crippen LogP contribution in [0, 0.1) is 6.92 Å². The summed E-state index contributed by atoms with van der Waals surface area (Å²) in [4.78, 5) is 12.6. The Labute approximate surface area is 125 Å². The number of thiophene rings is 1. The van der Waals surface area contributed by atoms with E-state index in [9.17, 15) is 9.35 Å². The highest BCUT2D eigenvalue weighted by Gasteiger charge is 2.16. The third-order valence-corrected chi connectivity index (χ3v) is 5.20. The van der Waals surface area contributed by atoms with E-state index in [2.05, 4.69) is 10.0 Å². The molecule has 2 N–H and O–H groups in total. The monoisotopic (exact) mass is 308 g/mol. The predicted molar refractivity (Wildman–Crippen MR) is 82.1 cm³/mol. The quantitative estimate of drug-likeness (QED) is 0.833. The van der Waals surface area contributed by atoms with Gasteiger partial charge in [-0.2, -0.15) is 0 Å². The van der Waals surface area contributed by atoms with Gasteiger partial charge in [0.1, 0.15) is 0 Å². The van der Waals surface area contributed by atoms with Crippen LogP contribution >= 0.6 is 11.3 Å². The molecule has 0 spiro atoms. The van der Waals surface area contributed by atoms with Crippen LogP contribution in [0.15, 0.2) is 40.6 Å². The average Bonchev–Trinajstić information content (AvgIpc) is 2.95. The van der Waals surface area contributed by atoms with Crippen molar-refractivity contribution in [1.29, 1.82) is 0 Å². The number of carbonyl (C=O) groups excluding carboxylic acids is 1. The van der Waals surface area contributed by atoms with Crippen LogP contribution in [0.5, 0.6) is 0 Å². The van der Waals surface area contributed by atoms with Crippen LogP contribution in [-0.4, -0.2) is 17.5 Å². The third kappa shape index (κ3) is 3.83. The zero-order valence-electron chi connectivity index (χ0n) is 11.3. The Morgan fingerprint density at radius 2 is 1.95 bits per heavy atom. The zero-order chi connectivity index (χ0) is 14.5. The summed E-state index contributed by atoms with van der Waals surface area (Å²) in [6, 6.07) is 11.4. The van der Waals surface area contributed by atoms with Gasteiger partial charge in [-0.25, -0.2) is 0 Å². The lowest BCUT2D eigenvalue weighted by molar-refractivity contribution is 0.0955. The SMILES string of the molecule is CN[S+]([O-])c1ccc(C(=O)NCc2ccc(C)cc2)s1. The molecule has 0 saturated carbocycles. The van der Waals surface area contributed by atoms with Crippen molar-refractivity contribution in [2.75, 3.05) is 7.05 Å². The minimum Gasteiger partial charge on any atom is -0.592 e. The highest BCUT2D eigenvalue weighted by molar-refractivity contribution is 7.91. The van der Waals surface area contributed by atoms with Crippen molar-refractivity contribution in [2.45, 2.75) is 17.7 Å². The maximum absolute atomic E-state index is 12.0. The van der Waals surface area contributed by atoms with Crippen molar-refractivity contribution in [3.05, 3.63) is 52.4 Å². The van der Waals surface area contributed by atoms with Gasteiger partial charge in [0.2, 0.25) is 4.21 Å². The maximum Gasteiger partial charge on any atom is 0.261 e. The van der Waals surface area contributed by atoms with Crippen LogP contribution in [0.2, 0.25) is 0 Å². The highest BCUT2D eigenvalue weighted by Crippen LogP contribution is 2.21. The van der Waals surface area contributed by atoms with E-state index in [1.807, 2.05) is 31.2 Å². The van der Waals surface area contributed by atoms with E-state index in [0.29, 0.717) is 15.6 Å². The minimum absolute atomic E-state index is 0.144. The van der Waals surface area contributed by atoms with Crippen LogP contribution in [0.1, 0.15) is 20.8 Å². The first-order valence-corrected chi connectivity index (χ1v) is 8.09. The molecule has 1 amide bonds. The second kappa shape index (κ2) is 6.90. The maximum atomic E-state index is 12.0. The fourth-order valence-corrected chi connectivity index (χ4v) is 3.49. The van der Waals surface area contributed by atoms with Crippen molar-refractivity contribution < 1.29 is 9.35 Å². The molecule has 2 rings (SSSR count). The Bertz CT molecular complexity index is 581. The Morgan fingerprint density at radius 3 is 2.60 bits per heavy atom. The topological polar surface area (TPSA) is 64.2 Å². The van der Waals surface area contributed by atoms with E-state index in [1.54, 1.807) is 19.2 Å². The molecule has 1 aromatic heterocycles. The molecule has 0 aliphatic heterocycles. The Balaban J connectivity index is 1.94. The fraction of sp³-hybridized carbons (Fsp3) is 0.214. The number of nitrogens with one attached hydrogen (secondary N) is 2. The molecule has 4 nitrogen and oxygen atoms in total. The lowest BCUT2D eigenvalue weighted by Crippen LogP contribution is -2.21. The highest BCUT2D eigenvalue weighted by atomic mass is 32.2. The summed E-state index contributed by atoms with van der Waals surface area (Å²) >= 11 is -0.00356. The van der Waals surface area contributed by atoms with Gasteiger partial charge in [-0.05, 0) is 18.6 Å². The summed E-state index contributed by atoms with van der Waals surface area (Å²) < 4.78 is 14.8. The van der Waals surface area contributed by atoms with Gasteiger partial charge in [0.15, 0.2) is 0 Å². The predicted octanol–water partition coefficient (Wildman–Crippen LogP) is 2.23. The molecule has 0 fully saturated rings. The van der Waals surface area contributed by atoms with Crippen LogP contribution < -0.4 is 10.0 Å². The van der Waals surface area contributed by atoms with Crippen LogP contribution in [0.25, 0.3) is 0 Å².